The number of carbonyl (C=O) groups is 1. The van der Waals surface area contributed by atoms with Gasteiger partial charge >= 0.3 is 5.97 Å². The monoisotopic (exact) mass is 332 g/mol. The highest BCUT2D eigenvalue weighted by Crippen LogP contribution is 2.35. The van der Waals surface area contributed by atoms with E-state index in [9.17, 15) is 10.1 Å². The highest BCUT2D eigenvalue weighted by molar-refractivity contribution is 5.86. The van der Waals surface area contributed by atoms with Gasteiger partial charge < -0.3 is 14.2 Å². The Bertz CT molecular complexity index is 620. The first-order valence-corrected chi connectivity index (χ1v) is 8.23. The van der Waals surface area contributed by atoms with Crippen LogP contribution >= 0.6 is 0 Å². The molecule has 0 spiro atoms. The van der Waals surface area contributed by atoms with Gasteiger partial charge in [0.1, 0.15) is 6.07 Å². The van der Waals surface area contributed by atoms with E-state index in [-0.39, 0.29) is 12.7 Å². The molecule has 0 amide bonds. The number of hydrogen-bond donors (Lipinski definition) is 1. The van der Waals surface area contributed by atoms with Crippen molar-refractivity contribution in [1.82, 2.24) is 5.32 Å². The Morgan fingerprint density at radius 1 is 1.38 bits per heavy atom. The zero-order valence-electron chi connectivity index (χ0n) is 14.4. The molecule has 130 valence electrons. The number of esters is 1. The average molecular weight is 332 g/mol. The highest BCUT2D eigenvalue weighted by Gasteiger charge is 2.41. The van der Waals surface area contributed by atoms with Crippen LogP contribution in [0.25, 0.3) is 0 Å². The number of ether oxygens (including phenoxy) is 3. The molecule has 6 nitrogen and oxygen atoms in total. The normalized spacial score (nSPS) is 16.9. The van der Waals surface area contributed by atoms with Gasteiger partial charge in [0.25, 0.3) is 0 Å². The summed E-state index contributed by atoms with van der Waals surface area (Å²) in [6.45, 7) is 1.91. The van der Waals surface area contributed by atoms with Gasteiger partial charge in [-0.3, -0.25) is 5.32 Å². The van der Waals surface area contributed by atoms with Crippen LogP contribution < -0.4 is 14.8 Å². The molecule has 1 unspecified atom stereocenters. The number of benzene rings is 1. The second-order valence-electron chi connectivity index (χ2n) is 5.72. The SMILES string of the molecule is CCOC(=O)C(C#N)(NC)c1ccc(OC)c(OC2CCCC2)c1. The fraction of sp³-hybridized carbons (Fsp3) is 0.556. The van der Waals surface area contributed by atoms with E-state index in [1.165, 1.54) is 0 Å². The Morgan fingerprint density at radius 3 is 2.62 bits per heavy atom. The number of nitriles is 1. The van der Waals surface area contributed by atoms with Gasteiger partial charge in [0, 0.05) is 5.56 Å². The summed E-state index contributed by atoms with van der Waals surface area (Å²) in [6.07, 6.45) is 4.44. The topological polar surface area (TPSA) is 80.6 Å². The maximum atomic E-state index is 12.4. The molecule has 6 heteroatoms. The molecular weight excluding hydrogens is 308 g/mol. The number of likely N-dealkylation sites (N-methyl/N-ethyl adjacent to an activating group) is 1. The Balaban J connectivity index is 2.40. The number of nitrogens with one attached hydrogen (secondary N) is 1. The van der Waals surface area contributed by atoms with Gasteiger partial charge in [0.05, 0.1) is 19.8 Å². The Kier molecular flexibility index (Phi) is 6.04. The van der Waals surface area contributed by atoms with Crippen LogP contribution in [0.5, 0.6) is 11.5 Å². The van der Waals surface area contributed by atoms with Crippen molar-refractivity contribution in [2.45, 2.75) is 44.2 Å². The molecule has 1 fully saturated rings. The molecule has 0 bridgehead atoms. The van der Waals surface area contributed by atoms with Crippen LogP contribution in [0.3, 0.4) is 0 Å². The third-order valence-corrected chi connectivity index (χ3v) is 4.32. The van der Waals surface area contributed by atoms with Crippen LogP contribution in [0, 0.1) is 11.3 Å². The molecule has 2 rings (SSSR count). The van der Waals surface area contributed by atoms with E-state index in [2.05, 4.69) is 5.32 Å². The third kappa shape index (κ3) is 3.46. The lowest BCUT2D eigenvalue weighted by atomic mass is 9.91. The maximum absolute atomic E-state index is 12.4. The Morgan fingerprint density at radius 2 is 2.08 bits per heavy atom. The number of nitrogens with zero attached hydrogens (tertiary/aromatic N) is 1. The Labute approximate surface area is 142 Å². The summed E-state index contributed by atoms with van der Waals surface area (Å²) in [6, 6.07) is 7.12. The quantitative estimate of drug-likeness (QED) is 0.773. The summed E-state index contributed by atoms with van der Waals surface area (Å²) in [7, 11) is 3.12. The molecule has 1 atom stereocenters. The van der Waals surface area contributed by atoms with Crippen LogP contribution in [0.1, 0.15) is 38.2 Å². The zero-order chi connectivity index (χ0) is 17.6. The number of hydrogen-bond acceptors (Lipinski definition) is 6. The van der Waals surface area contributed by atoms with Gasteiger partial charge in [-0.15, -0.1) is 0 Å². The van der Waals surface area contributed by atoms with E-state index in [4.69, 9.17) is 14.2 Å². The van der Waals surface area contributed by atoms with Crippen molar-refractivity contribution in [3.63, 3.8) is 0 Å². The van der Waals surface area contributed by atoms with E-state index in [0.717, 1.165) is 25.7 Å². The van der Waals surface area contributed by atoms with E-state index < -0.39 is 11.5 Å². The Hall–Kier alpha value is -2.26. The first-order valence-electron chi connectivity index (χ1n) is 8.23. The standard InChI is InChI=1S/C18H24N2O4/c1-4-23-17(21)18(12-19,20-2)13-9-10-15(22-3)16(11-13)24-14-7-5-6-8-14/h9-11,14,20H,4-8H2,1-3H3. The third-order valence-electron chi connectivity index (χ3n) is 4.32. The van der Waals surface area contributed by atoms with E-state index in [1.54, 1.807) is 39.3 Å². The predicted octanol–water partition coefficient (Wildman–Crippen LogP) is 2.52. The first-order chi connectivity index (χ1) is 11.6. The summed E-state index contributed by atoms with van der Waals surface area (Å²) in [4.78, 5) is 12.4. The molecule has 0 heterocycles. The lowest BCUT2D eigenvalue weighted by Gasteiger charge is -2.25. The van der Waals surface area contributed by atoms with Gasteiger partial charge in [0.2, 0.25) is 5.54 Å². The maximum Gasteiger partial charge on any atom is 0.345 e. The molecule has 0 saturated heterocycles. The number of carbonyl (C=O) groups excluding carboxylic acids is 1. The van der Waals surface area contributed by atoms with Gasteiger partial charge in [-0.25, -0.2) is 4.79 Å². The van der Waals surface area contributed by atoms with E-state index in [1.807, 2.05) is 6.07 Å². The van der Waals surface area contributed by atoms with Crippen LogP contribution in [0.2, 0.25) is 0 Å². The summed E-state index contributed by atoms with van der Waals surface area (Å²) in [5.41, 5.74) is -1.10. The summed E-state index contributed by atoms with van der Waals surface area (Å²) < 4.78 is 16.5. The van der Waals surface area contributed by atoms with Gasteiger partial charge in [0.15, 0.2) is 11.5 Å². The molecule has 1 aliphatic rings. The van der Waals surface area contributed by atoms with Gasteiger partial charge in [-0.05, 0) is 51.8 Å². The van der Waals surface area contributed by atoms with Gasteiger partial charge in [-0.2, -0.15) is 5.26 Å². The minimum absolute atomic E-state index is 0.141. The van der Waals surface area contributed by atoms with E-state index in [0.29, 0.717) is 17.1 Å². The molecule has 0 aromatic heterocycles. The van der Waals surface area contributed by atoms with Crippen molar-refractivity contribution in [1.29, 1.82) is 5.26 Å². The highest BCUT2D eigenvalue weighted by atomic mass is 16.5. The summed E-state index contributed by atoms with van der Waals surface area (Å²) in [5, 5.41) is 12.4. The predicted molar refractivity (Wildman–Crippen MR) is 88.9 cm³/mol. The van der Waals surface area contributed by atoms with E-state index >= 15 is 0 Å². The molecule has 24 heavy (non-hydrogen) atoms. The smallest absolute Gasteiger partial charge is 0.345 e. The van der Waals surface area contributed by atoms with Crippen molar-refractivity contribution < 1.29 is 19.0 Å². The largest absolute Gasteiger partial charge is 0.493 e. The number of methoxy groups -OCH3 is 1. The van der Waals surface area contributed by atoms with Crippen molar-refractivity contribution in [2.75, 3.05) is 20.8 Å². The van der Waals surface area contributed by atoms with Gasteiger partial charge in [-0.1, -0.05) is 6.07 Å². The van der Waals surface area contributed by atoms with Crippen molar-refractivity contribution >= 4 is 5.97 Å². The average Bonchev–Trinajstić information content (AvgIpc) is 3.10. The minimum Gasteiger partial charge on any atom is -0.493 e. The lowest BCUT2D eigenvalue weighted by molar-refractivity contribution is -0.148. The van der Waals surface area contributed by atoms with Crippen molar-refractivity contribution in [2.24, 2.45) is 0 Å². The molecule has 0 radical (unpaired) electrons. The van der Waals surface area contributed by atoms with Crippen molar-refractivity contribution in [3.05, 3.63) is 23.8 Å². The molecule has 1 aromatic carbocycles. The summed E-state index contributed by atoms with van der Waals surface area (Å²) in [5.74, 6) is 0.491. The van der Waals surface area contributed by atoms with Crippen LogP contribution in [-0.4, -0.2) is 32.8 Å². The van der Waals surface area contributed by atoms with Crippen LogP contribution in [0.15, 0.2) is 18.2 Å². The molecule has 1 N–H and O–H groups in total. The first kappa shape index (κ1) is 18.1. The second-order valence-corrected chi connectivity index (χ2v) is 5.72. The zero-order valence-corrected chi connectivity index (χ0v) is 14.4. The lowest BCUT2D eigenvalue weighted by Crippen LogP contribution is -2.47. The van der Waals surface area contributed by atoms with Crippen LogP contribution in [-0.2, 0) is 15.1 Å². The number of rotatable bonds is 7. The fourth-order valence-electron chi connectivity index (χ4n) is 2.96. The minimum atomic E-state index is -1.57. The summed E-state index contributed by atoms with van der Waals surface area (Å²) >= 11 is 0. The molecule has 0 aliphatic heterocycles. The fourth-order valence-corrected chi connectivity index (χ4v) is 2.96. The molecule has 1 aliphatic carbocycles. The molecule has 1 aromatic rings. The second kappa shape index (κ2) is 8.02. The van der Waals surface area contributed by atoms with Crippen LogP contribution in [0.4, 0.5) is 0 Å². The molecule has 1 saturated carbocycles. The molecular formula is C18H24N2O4. The van der Waals surface area contributed by atoms with Crippen molar-refractivity contribution in [3.8, 4) is 17.6 Å².